The molecule has 0 saturated heterocycles. The zero-order valence-corrected chi connectivity index (χ0v) is 20.0. The van der Waals surface area contributed by atoms with Gasteiger partial charge in [-0.1, -0.05) is 12.1 Å². The second-order valence-corrected chi connectivity index (χ2v) is 8.01. The summed E-state index contributed by atoms with van der Waals surface area (Å²) in [4.78, 5) is 33.8. The Hall–Kier alpha value is -4.76. The number of halogens is 9. The van der Waals surface area contributed by atoms with Crippen molar-refractivity contribution < 1.29 is 54.2 Å². The molecule has 3 aromatic heterocycles. The van der Waals surface area contributed by atoms with Crippen LogP contribution >= 0.6 is 0 Å². The number of hydrogen-bond acceptors (Lipinski definition) is 5. The molecular formula is C25H15F9N4O3. The topological polar surface area (TPSA) is 105 Å². The zero-order chi connectivity index (χ0) is 30.6. The SMILES string of the molecule is O=C(N[C@@H](c1ccc(C(F)(F)F)cc1)c1ncccc1C(F)(F)F)c1ccc2cccnc2n1.O=C(O)C(F)(F)F. The van der Waals surface area contributed by atoms with E-state index in [1.54, 1.807) is 18.2 Å². The third kappa shape index (κ3) is 7.89. The Bertz CT molecular complexity index is 1540. The first kappa shape index (κ1) is 30.8. The summed E-state index contributed by atoms with van der Waals surface area (Å²) < 4.78 is 112. The van der Waals surface area contributed by atoms with Gasteiger partial charge in [0.2, 0.25) is 0 Å². The van der Waals surface area contributed by atoms with Gasteiger partial charge in [0, 0.05) is 17.8 Å². The highest BCUT2D eigenvalue weighted by Gasteiger charge is 2.39. The maximum absolute atomic E-state index is 13.7. The Kier molecular flexibility index (Phi) is 8.84. The number of rotatable bonds is 4. The molecule has 16 heteroatoms. The van der Waals surface area contributed by atoms with Crippen LogP contribution in [-0.4, -0.2) is 38.1 Å². The van der Waals surface area contributed by atoms with Crippen LogP contribution in [0.1, 0.15) is 38.9 Å². The number of nitrogens with one attached hydrogen (secondary N) is 1. The number of fused-ring (bicyclic) bond motifs is 1. The van der Waals surface area contributed by atoms with Gasteiger partial charge in [-0.3, -0.25) is 9.78 Å². The van der Waals surface area contributed by atoms with Crippen LogP contribution in [0.2, 0.25) is 0 Å². The van der Waals surface area contributed by atoms with Crippen LogP contribution in [-0.2, 0) is 17.1 Å². The molecule has 0 radical (unpaired) electrons. The van der Waals surface area contributed by atoms with Crippen LogP contribution in [0.4, 0.5) is 39.5 Å². The number of carbonyl (C=O) groups is 2. The van der Waals surface area contributed by atoms with Crippen LogP contribution in [0.3, 0.4) is 0 Å². The second kappa shape index (κ2) is 11.8. The van der Waals surface area contributed by atoms with Crippen molar-refractivity contribution in [2.24, 2.45) is 0 Å². The molecule has 1 atom stereocenters. The summed E-state index contributed by atoms with van der Waals surface area (Å²) in [6, 6.07) is 10.1. The van der Waals surface area contributed by atoms with E-state index in [2.05, 4.69) is 20.3 Å². The van der Waals surface area contributed by atoms with E-state index in [9.17, 15) is 44.3 Å². The van der Waals surface area contributed by atoms with E-state index < -0.39 is 53.3 Å². The van der Waals surface area contributed by atoms with Crippen molar-refractivity contribution in [2.45, 2.75) is 24.6 Å². The maximum atomic E-state index is 13.7. The maximum Gasteiger partial charge on any atom is 0.490 e. The number of benzene rings is 1. The largest absolute Gasteiger partial charge is 0.490 e. The van der Waals surface area contributed by atoms with Gasteiger partial charge in [0.25, 0.3) is 5.91 Å². The number of amides is 1. The number of pyridine rings is 3. The smallest absolute Gasteiger partial charge is 0.475 e. The van der Waals surface area contributed by atoms with Crippen molar-refractivity contribution in [3.8, 4) is 0 Å². The molecular weight excluding hydrogens is 575 g/mol. The van der Waals surface area contributed by atoms with Crippen LogP contribution in [0.25, 0.3) is 11.0 Å². The molecule has 0 aliphatic rings. The van der Waals surface area contributed by atoms with E-state index in [0.29, 0.717) is 5.39 Å². The lowest BCUT2D eigenvalue weighted by atomic mass is 9.97. The van der Waals surface area contributed by atoms with Gasteiger partial charge in [-0.2, -0.15) is 39.5 Å². The van der Waals surface area contributed by atoms with Crippen molar-refractivity contribution in [3.05, 3.63) is 101 Å². The lowest BCUT2D eigenvalue weighted by molar-refractivity contribution is -0.192. The number of carbonyl (C=O) groups excluding carboxylic acids is 1. The molecule has 0 unspecified atom stereocenters. The van der Waals surface area contributed by atoms with E-state index >= 15 is 0 Å². The Morgan fingerprint density at radius 2 is 1.34 bits per heavy atom. The molecule has 4 rings (SSSR count). The lowest BCUT2D eigenvalue weighted by Crippen LogP contribution is -2.32. The van der Waals surface area contributed by atoms with Crippen molar-refractivity contribution in [1.82, 2.24) is 20.3 Å². The minimum Gasteiger partial charge on any atom is -0.475 e. The molecule has 0 aliphatic heterocycles. The predicted octanol–water partition coefficient (Wildman–Crippen LogP) is 6.22. The zero-order valence-electron chi connectivity index (χ0n) is 20.0. The molecule has 1 aromatic carbocycles. The van der Waals surface area contributed by atoms with Crippen LogP contribution in [0.15, 0.2) is 73.1 Å². The van der Waals surface area contributed by atoms with Crippen molar-refractivity contribution in [3.63, 3.8) is 0 Å². The monoisotopic (exact) mass is 590 g/mol. The van der Waals surface area contributed by atoms with E-state index in [-0.39, 0.29) is 16.9 Å². The van der Waals surface area contributed by atoms with Gasteiger partial charge >= 0.3 is 24.5 Å². The molecule has 216 valence electrons. The van der Waals surface area contributed by atoms with E-state index in [1.807, 2.05) is 0 Å². The number of alkyl halides is 9. The molecule has 1 amide bonds. The van der Waals surface area contributed by atoms with Crippen molar-refractivity contribution >= 4 is 22.9 Å². The Balaban J connectivity index is 0.000000587. The van der Waals surface area contributed by atoms with Gasteiger partial charge < -0.3 is 10.4 Å². The van der Waals surface area contributed by atoms with Crippen molar-refractivity contribution in [1.29, 1.82) is 0 Å². The fourth-order valence-electron chi connectivity index (χ4n) is 3.35. The number of carboxylic acids is 1. The van der Waals surface area contributed by atoms with Gasteiger partial charge in [-0.15, -0.1) is 0 Å². The molecule has 0 spiro atoms. The number of hydrogen-bond donors (Lipinski definition) is 2. The van der Waals surface area contributed by atoms with Crippen LogP contribution in [0, 0.1) is 0 Å². The number of carboxylic acid groups (broad SMARTS) is 1. The van der Waals surface area contributed by atoms with Gasteiger partial charge in [-0.05, 0) is 54.1 Å². The molecule has 0 aliphatic carbocycles. The Morgan fingerprint density at radius 1 is 0.756 bits per heavy atom. The van der Waals surface area contributed by atoms with Crippen LogP contribution < -0.4 is 5.32 Å². The average Bonchev–Trinajstić information content (AvgIpc) is 2.90. The molecule has 0 fully saturated rings. The lowest BCUT2D eigenvalue weighted by Gasteiger charge is -2.22. The summed E-state index contributed by atoms with van der Waals surface area (Å²) in [5.41, 5.74) is -2.59. The molecule has 3 heterocycles. The first-order valence-electron chi connectivity index (χ1n) is 11.0. The van der Waals surface area contributed by atoms with Gasteiger partial charge in [0.1, 0.15) is 5.69 Å². The first-order valence-corrected chi connectivity index (χ1v) is 11.0. The summed E-state index contributed by atoms with van der Waals surface area (Å²) in [6.07, 6.45) is -12.0. The highest BCUT2D eigenvalue weighted by Crippen LogP contribution is 2.36. The second-order valence-electron chi connectivity index (χ2n) is 8.01. The number of aromatic nitrogens is 3. The molecule has 2 N–H and O–H groups in total. The minimum absolute atomic E-state index is 0.0236. The first-order chi connectivity index (χ1) is 19.0. The summed E-state index contributed by atoms with van der Waals surface area (Å²) in [6.45, 7) is 0. The quantitative estimate of drug-likeness (QED) is 0.274. The molecule has 4 aromatic rings. The normalized spacial score (nSPS) is 12.7. The summed E-state index contributed by atoms with van der Waals surface area (Å²) in [7, 11) is 0. The average molecular weight is 590 g/mol. The van der Waals surface area contributed by atoms with Gasteiger partial charge in [-0.25, -0.2) is 14.8 Å². The summed E-state index contributed by atoms with van der Waals surface area (Å²) in [5.74, 6) is -3.61. The fraction of sp³-hybridized carbons (Fsp3) is 0.160. The molecule has 0 saturated carbocycles. The Labute approximate surface area is 223 Å². The van der Waals surface area contributed by atoms with Crippen LogP contribution in [0.5, 0.6) is 0 Å². The van der Waals surface area contributed by atoms with E-state index in [0.717, 1.165) is 42.6 Å². The summed E-state index contributed by atoms with van der Waals surface area (Å²) >= 11 is 0. The number of nitrogens with zero attached hydrogens (tertiary/aromatic N) is 3. The van der Waals surface area contributed by atoms with E-state index in [1.165, 1.54) is 12.3 Å². The fourth-order valence-corrected chi connectivity index (χ4v) is 3.35. The minimum atomic E-state index is -5.08. The van der Waals surface area contributed by atoms with Gasteiger partial charge in [0.05, 0.1) is 22.9 Å². The third-order valence-corrected chi connectivity index (χ3v) is 5.20. The highest BCUT2D eigenvalue weighted by molar-refractivity contribution is 5.94. The molecule has 41 heavy (non-hydrogen) atoms. The molecule has 7 nitrogen and oxygen atoms in total. The summed E-state index contributed by atoms with van der Waals surface area (Å²) in [5, 5.41) is 10.2. The van der Waals surface area contributed by atoms with Gasteiger partial charge in [0.15, 0.2) is 5.65 Å². The number of aliphatic carboxylic acids is 1. The predicted molar refractivity (Wildman–Crippen MR) is 123 cm³/mol. The Morgan fingerprint density at radius 3 is 1.90 bits per heavy atom. The molecule has 0 bridgehead atoms. The standard InChI is InChI=1S/C23H14F6N4O.C2HF3O2/c24-22(25,26)15-8-5-13(6-9-15)18(19-16(23(27,28)29)4-2-11-30-19)33-21(34)17-10-7-14-3-1-12-31-20(14)32-17;3-2(4,5)1(6)7/h1-12,18H,(H,33,34);(H,6,7)/t18-;/m0./s1. The third-order valence-electron chi connectivity index (χ3n) is 5.20. The van der Waals surface area contributed by atoms with Crippen molar-refractivity contribution in [2.75, 3.05) is 0 Å². The van der Waals surface area contributed by atoms with E-state index in [4.69, 9.17) is 9.90 Å². The highest BCUT2D eigenvalue weighted by atomic mass is 19.4.